The molecule has 0 saturated carbocycles. The Kier molecular flexibility index (Phi) is 4.51. The minimum absolute atomic E-state index is 0.0989. The van der Waals surface area contributed by atoms with Gasteiger partial charge in [0.25, 0.3) is 6.43 Å². The van der Waals surface area contributed by atoms with Gasteiger partial charge in [0.1, 0.15) is 0 Å². The molecule has 0 radical (unpaired) electrons. The molecule has 0 fully saturated rings. The molecule has 0 aliphatic carbocycles. The number of esters is 1. The molecule has 17 heavy (non-hydrogen) atoms. The quantitative estimate of drug-likeness (QED) is 0.822. The van der Waals surface area contributed by atoms with Gasteiger partial charge in [-0.25, -0.2) is 18.6 Å². The van der Waals surface area contributed by atoms with Crippen molar-refractivity contribution in [2.45, 2.75) is 26.8 Å². The van der Waals surface area contributed by atoms with Crippen LogP contribution in [-0.4, -0.2) is 17.6 Å². The number of nitrogens with two attached hydrogens (primary N) is 1. The molecule has 0 unspecified atom stereocenters. The Morgan fingerprint density at radius 3 is 2.71 bits per heavy atom. The zero-order valence-electron chi connectivity index (χ0n) is 9.67. The van der Waals surface area contributed by atoms with Crippen LogP contribution in [0.1, 0.15) is 40.5 Å². The maximum Gasteiger partial charge on any atom is 0.357 e. The van der Waals surface area contributed by atoms with E-state index >= 15 is 0 Å². The van der Waals surface area contributed by atoms with Crippen LogP contribution in [0.25, 0.3) is 0 Å². The number of nitrogens with zero attached hydrogens (tertiary/aromatic N) is 1. The van der Waals surface area contributed by atoms with Crippen molar-refractivity contribution >= 4 is 5.97 Å². The van der Waals surface area contributed by atoms with Crippen molar-refractivity contribution in [3.63, 3.8) is 0 Å². The van der Waals surface area contributed by atoms with Crippen molar-refractivity contribution in [3.8, 4) is 0 Å². The normalized spacial score (nSPS) is 10.7. The van der Waals surface area contributed by atoms with Gasteiger partial charge < -0.3 is 10.5 Å². The summed E-state index contributed by atoms with van der Waals surface area (Å²) in [6.07, 6.45) is -1.46. The molecule has 1 aromatic heterocycles. The molecule has 0 spiro atoms. The molecule has 0 atom stereocenters. The van der Waals surface area contributed by atoms with Gasteiger partial charge in [-0.1, -0.05) is 0 Å². The lowest BCUT2D eigenvalue weighted by atomic mass is 10.0. The van der Waals surface area contributed by atoms with Crippen LogP contribution in [0.3, 0.4) is 0 Å². The Morgan fingerprint density at radius 1 is 1.59 bits per heavy atom. The molecule has 0 bridgehead atoms. The third kappa shape index (κ3) is 2.76. The zero-order chi connectivity index (χ0) is 13.0. The summed E-state index contributed by atoms with van der Waals surface area (Å²) < 4.78 is 30.5. The number of aromatic nitrogens is 1. The second-order valence-electron chi connectivity index (χ2n) is 3.40. The fourth-order valence-corrected chi connectivity index (χ4v) is 1.49. The van der Waals surface area contributed by atoms with Crippen LogP contribution in [0.4, 0.5) is 8.78 Å². The summed E-state index contributed by atoms with van der Waals surface area (Å²) in [7, 11) is 0. The predicted octanol–water partition coefficient (Wildman–Crippen LogP) is 1.96. The molecule has 0 aliphatic heterocycles. The van der Waals surface area contributed by atoms with E-state index in [4.69, 9.17) is 5.73 Å². The van der Waals surface area contributed by atoms with Crippen LogP contribution >= 0.6 is 0 Å². The van der Waals surface area contributed by atoms with Gasteiger partial charge in [-0.15, -0.1) is 0 Å². The molecule has 6 heteroatoms. The lowest BCUT2D eigenvalue weighted by Gasteiger charge is -2.13. The predicted molar refractivity (Wildman–Crippen MR) is 57.8 cm³/mol. The van der Waals surface area contributed by atoms with Gasteiger partial charge in [0.2, 0.25) is 0 Å². The Hall–Kier alpha value is -1.56. The Morgan fingerprint density at radius 2 is 2.24 bits per heavy atom. The van der Waals surface area contributed by atoms with E-state index in [1.165, 1.54) is 13.1 Å². The van der Waals surface area contributed by atoms with Crippen molar-refractivity contribution < 1.29 is 18.3 Å². The van der Waals surface area contributed by atoms with Gasteiger partial charge >= 0.3 is 5.97 Å². The number of carbonyl (C=O) groups excluding carboxylic acids is 1. The lowest BCUT2D eigenvalue weighted by molar-refractivity contribution is 0.0507. The van der Waals surface area contributed by atoms with Crippen molar-refractivity contribution in [1.29, 1.82) is 0 Å². The van der Waals surface area contributed by atoms with E-state index in [-0.39, 0.29) is 18.8 Å². The van der Waals surface area contributed by atoms with E-state index < -0.39 is 18.0 Å². The number of hydrogen-bond acceptors (Lipinski definition) is 4. The number of rotatable bonds is 4. The molecule has 0 aliphatic rings. The molecule has 1 aromatic rings. The number of carbonyl (C=O) groups is 1. The van der Waals surface area contributed by atoms with Crippen LogP contribution in [0, 0.1) is 6.92 Å². The van der Waals surface area contributed by atoms with Crippen LogP contribution in [0.5, 0.6) is 0 Å². The third-order valence-electron chi connectivity index (χ3n) is 2.40. The van der Waals surface area contributed by atoms with Gasteiger partial charge in [0.15, 0.2) is 5.69 Å². The van der Waals surface area contributed by atoms with Gasteiger partial charge in [-0.2, -0.15) is 0 Å². The Balaban J connectivity index is 3.31. The first-order valence-corrected chi connectivity index (χ1v) is 5.16. The molecule has 2 N–H and O–H groups in total. The van der Waals surface area contributed by atoms with Crippen LogP contribution in [-0.2, 0) is 11.3 Å². The van der Waals surface area contributed by atoms with Crippen molar-refractivity contribution in [3.05, 3.63) is 28.6 Å². The van der Waals surface area contributed by atoms with Crippen LogP contribution < -0.4 is 5.73 Å². The summed E-state index contributed by atoms with van der Waals surface area (Å²) >= 11 is 0. The molecule has 0 saturated heterocycles. The SMILES string of the molecule is CCOC(=O)c1ncc(CN)c(C)c1C(F)F. The first-order valence-electron chi connectivity index (χ1n) is 5.16. The minimum atomic E-state index is -2.78. The monoisotopic (exact) mass is 244 g/mol. The summed E-state index contributed by atoms with van der Waals surface area (Å²) in [5.74, 6) is -0.838. The number of alkyl halides is 2. The van der Waals surface area contributed by atoms with Crippen molar-refractivity contribution in [1.82, 2.24) is 4.98 Å². The number of halogens is 2. The highest BCUT2D eigenvalue weighted by Crippen LogP contribution is 2.27. The van der Waals surface area contributed by atoms with E-state index in [0.29, 0.717) is 11.1 Å². The molecule has 0 amide bonds. The summed E-state index contributed by atoms with van der Waals surface area (Å²) in [4.78, 5) is 15.2. The van der Waals surface area contributed by atoms with Gasteiger partial charge in [-0.3, -0.25) is 0 Å². The van der Waals surface area contributed by atoms with Crippen molar-refractivity contribution in [2.75, 3.05) is 6.61 Å². The van der Waals surface area contributed by atoms with E-state index in [1.54, 1.807) is 6.92 Å². The standard InChI is InChI=1S/C11H14F2N2O2/c1-3-17-11(16)9-8(10(12)13)6(2)7(4-14)5-15-9/h5,10H,3-4,14H2,1-2H3. The lowest BCUT2D eigenvalue weighted by Crippen LogP contribution is -2.14. The van der Waals surface area contributed by atoms with Crippen LogP contribution in [0.2, 0.25) is 0 Å². The molecular weight excluding hydrogens is 230 g/mol. The Labute approximate surface area is 97.8 Å². The van der Waals surface area contributed by atoms with Gasteiger partial charge in [-0.05, 0) is 25.0 Å². The summed E-state index contributed by atoms with van der Waals surface area (Å²) in [5.41, 5.74) is 5.46. The third-order valence-corrected chi connectivity index (χ3v) is 2.40. The highest BCUT2D eigenvalue weighted by molar-refractivity contribution is 5.89. The van der Waals surface area contributed by atoms with E-state index in [2.05, 4.69) is 9.72 Å². The molecule has 94 valence electrons. The Bertz CT molecular complexity index is 422. The van der Waals surface area contributed by atoms with Gasteiger partial charge in [0, 0.05) is 12.7 Å². The number of ether oxygens (including phenoxy) is 1. The van der Waals surface area contributed by atoms with Crippen molar-refractivity contribution in [2.24, 2.45) is 5.73 Å². The fourth-order valence-electron chi connectivity index (χ4n) is 1.49. The average Bonchev–Trinajstić information content (AvgIpc) is 2.28. The molecule has 0 aromatic carbocycles. The maximum atomic E-state index is 12.9. The average molecular weight is 244 g/mol. The summed E-state index contributed by atoms with van der Waals surface area (Å²) in [5, 5.41) is 0. The highest BCUT2D eigenvalue weighted by Gasteiger charge is 2.24. The van der Waals surface area contributed by atoms with E-state index in [0.717, 1.165) is 0 Å². The van der Waals surface area contributed by atoms with Gasteiger partial charge in [0.05, 0.1) is 12.2 Å². The van der Waals surface area contributed by atoms with Crippen LogP contribution in [0.15, 0.2) is 6.20 Å². The maximum absolute atomic E-state index is 12.9. The molecule has 1 heterocycles. The zero-order valence-corrected chi connectivity index (χ0v) is 9.67. The molecular formula is C11H14F2N2O2. The fraction of sp³-hybridized carbons (Fsp3) is 0.455. The van der Waals surface area contributed by atoms with E-state index in [9.17, 15) is 13.6 Å². The first-order chi connectivity index (χ1) is 8.02. The second-order valence-corrected chi connectivity index (χ2v) is 3.40. The summed E-state index contributed by atoms with van der Waals surface area (Å²) in [6.45, 7) is 3.30. The largest absolute Gasteiger partial charge is 0.461 e. The summed E-state index contributed by atoms with van der Waals surface area (Å²) in [6, 6.07) is 0. The number of hydrogen-bond donors (Lipinski definition) is 1. The van der Waals surface area contributed by atoms with E-state index in [1.807, 2.05) is 0 Å². The molecule has 4 nitrogen and oxygen atoms in total. The number of pyridine rings is 1. The second kappa shape index (κ2) is 5.67. The first kappa shape index (κ1) is 13.5. The minimum Gasteiger partial charge on any atom is -0.461 e. The molecule has 1 rings (SSSR count). The smallest absolute Gasteiger partial charge is 0.357 e. The highest BCUT2D eigenvalue weighted by atomic mass is 19.3. The topological polar surface area (TPSA) is 65.2 Å².